The van der Waals surface area contributed by atoms with Crippen molar-refractivity contribution in [3.05, 3.63) is 22.5 Å². The number of nitrogens with zero attached hydrogens (tertiary/aromatic N) is 4. The first-order chi connectivity index (χ1) is 9.85. The number of hydrogen-bond acceptors (Lipinski definition) is 5. The Morgan fingerprint density at radius 3 is 2.71 bits per heavy atom. The van der Waals surface area contributed by atoms with Gasteiger partial charge in [0.25, 0.3) is 0 Å². The van der Waals surface area contributed by atoms with Crippen LogP contribution in [0.25, 0.3) is 0 Å². The maximum Gasteiger partial charge on any atom is 0.323 e. The van der Waals surface area contributed by atoms with Gasteiger partial charge in [-0.1, -0.05) is 6.92 Å². The molecule has 9 heteroatoms. The molecule has 0 aliphatic rings. The van der Waals surface area contributed by atoms with Gasteiger partial charge in [0.1, 0.15) is 18.9 Å². The molecule has 1 aromatic rings. The van der Waals surface area contributed by atoms with Crippen LogP contribution in [0.3, 0.4) is 0 Å². The molecule has 0 fully saturated rings. The van der Waals surface area contributed by atoms with Crippen LogP contribution in [0, 0.1) is 10.1 Å². The predicted molar refractivity (Wildman–Crippen MR) is 72.6 cm³/mol. The zero-order valence-corrected chi connectivity index (χ0v) is 11.9. The van der Waals surface area contributed by atoms with Crippen molar-refractivity contribution in [3.63, 3.8) is 0 Å². The maximum atomic E-state index is 12.1. The van der Waals surface area contributed by atoms with Gasteiger partial charge in [-0.3, -0.25) is 24.4 Å². The van der Waals surface area contributed by atoms with Crippen molar-refractivity contribution < 1.29 is 19.6 Å². The number of carbonyl (C=O) groups excluding carboxylic acids is 1. The van der Waals surface area contributed by atoms with E-state index in [1.807, 2.05) is 6.92 Å². The largest absolute Gasteiger partial charge is 0.480 e. The minimum atomic E-state index is -1.07. The molecule has 0 saturated carbocycles. The number of rotatable bonds is 8. The summed E-state index contributed by atoms with van der Waals surface area (Å²) in [6.07, 6.45) is 3.02. The summed E-state index contributed by atoms with van der Waals surface area (Å²) < 4.78 is 1.30. The predicted octanol–water partition coefficient (Wildman–Crippen LogP) is 0.893. The fourth-order valence-electron chi connectivity index (χ4n) is 1.78. The third-order valence-electron chi connectivity index (χ3n) is 3.13. The van der Waals surface area contributed by atoms with Gasteiger partial charge in [-0.05, 0) is 13.3 Å². The smallest absolute Gasteiger partial charge is 0.323 e. The average Bonchev–Trinajstić information content (AvgIpc) is 2.90. The lowest BCUT2D eigenvalue weighted by Gasteiger charge is -2.26. The Morgan fingerprint density at radius 1 is 1.57 bits per heavy atom. The van der Waals surface area contributed by atoms with Crippen LogP contribution in [0.2, 0.25) is 0 Å². The van der Waals surface area contributed by atoms with Gasteiger partial charge in [0.05, 0.1) is 4.92 Å². The molecule has 1 N–H and O–H groups in total. The minimum Gasteiger partial charge on any atom is -0.480 e. The van der Waals surface area contributed by atoms with Crippen molar-refractivity contribution in [2.24, 2.45) is 0 Å². The number of carbonyl (C=O) groups is 2. The first-order valence-corrected chi connectivity index (χ1v) is 6.53. The second-order valence-corrected chi connectivity index (χ2v) is 4.64. The summed E-state index contributed by atoms with van der Waals surface area (Å²) in [5.41, 5.74) is -0.147. The lowest BCUT2D eigenvalue weighted by molar-refractivity contribution is -0.385. The molecule has 0 aliphatic carbocycles. The number of nitro groups is 1. The highest BCUT2D eigenvalue weighted by Crippen LogP contribution is 2.10. The van der Waals surface area contributed by atoms with Crippen molar-refractivity contribution in [2.45, 2.75) is 39.3 Å². The molecular weight excluding hydrogens is 280 g/mol. The third kappa shape index (κ3) is 4.86. The molecule has 116 valence electrons. The second-order valence-electron chi connectivity index (χ2n) is 4.64. The number of aromatic nitrogens is 2. The molecule has 0 radical (unpaired) electrons. The number of aliphatic carboxylic acids is 1. The number of hydrogen-bond donors (Lipinski definition) is 1. The van der Waals surface area contributed by atoms with Crippen LogP contribution in [-0.2, 0) is 16.1 Å². The molecule has 0 aromatic carbocycles. The molecule has 9 nitrogen and oxygen atoms in total. The molecule has 0 saturated heterocycles. The Bertz CT molecular complexity index is 527. The van der Waals surface area contributed by atoms with Gasteiger partial charge in [-0.25, -0.2) is 0 Å². The van der Waals surface area contributed by atoms with Crippen LogP contribution in [0.5, 0.6) is 0 Å². The van der Waals surface area contributed by atoms with Gasteiger partial charge in [-0.2, -0.15) is 5.10 Å². The quantitative estimate of drug-likeness (QED) is 0.562. The van der Waals surface area contributed by atoms with E-state index in [-0.39, 0.29) is 37.1 Å². The molecule has 0 spiro atoms. The molecule has 1 aromatic heterocycles. The van der Waals surface area contributed by atoms with E-state index in [4.69, 9.17) is 5.11 Å². The summed E-state index contributed by atoms with van der Waals surface area (Å²) in [5.74, 6) is -1.39. The molecule has 1 rings (SSSR count). The van der Waals surface area contributed by atoms with Crippen molar-refractivity contribution in [2.75, 3.05) is 6.54 Å². The molecule has 0 aliphatic heterocycles. The second kappa shape index (κ2) is 7.36. The Labute approximate surface area is 121 Å². The highest BCUT2D eigenvalue weighted by atomic mass is 16.6. The van der Waals surface area contributed by atoms with Crippen molar-refractivity contribution in [3.8, 4) is 0 Å². The molecule has 1 unspecified atom stereocenters. The van der Waals surface area contributed by atoms with Crippen LogP contribution in [-0.4, -0.2) is 49.2 Å². The van der Waals surface area contributed by atoms with E-state index in [2.05, 4.69) is 5.10 Å². The Kier molecular flexibility index (Phi) is 5.82. The van der Waals surface area contributed by atoms with Crippen LogP contribution in [0.4, 0.5) is 5.69 Å². The van der Waals surface area contributed by atoms with Gasteiger partial charge in [0.2, 0.25) is 5.91 Å². The first-order valence-electron chi connectivity index (χ1n) is 6.53. The zero-order valence-electron chi connectivity index (χ0n) is 11.9. The first kappa shape index (κ1) is 16.6. The average molecular weight is 298 g/mol. The Morgan fingerprint density at radius 2 is 2.24 bits per heavy atom. The molecule has 1 amide bonds. The zero-order chi connectivity index (χ0) is 16.0. The van der Waals surface area contributed by atoms with Crippen LogP contribution < -0.4 is 0 Å². The SMILES string of the molecule is CCC(C)N(CC(=O)O)C(=O)CCn1cc([N+](=O)[O-])cn1. The van der Waals surface area contributed by atoms with Crippen LogP contribution in [0.15, 0.2) is 12.4 Å². The third-order valence-corrected chi connectivity index (χ3v) is 3.13. The Balaban J connectivity index is 2.63. The number of amides is 1. The number of carboxylic acid groups (broad SMARTS) is 1. The highest BCUT2D eigenvalue weighted by molar-refractivity contribution is 5.81. The fraction of sp³-hybridized carbons (Fsp3) is 0.583. The van der Waals surface area contributed by atoms with Gasteiger partial charge in [0.15, 0.2) is 0 Å². The summed E-state index contributed by atoms with van der Waals surface area (Å²) in [6, 6.07) is -0.180. The number of carboxylic acids is 1. The lowest BCUT2D eigenvalue weighted by atomic mass is 10.2. The fourth-order valence-corrected chi connectivity index (χ4v) is 1.78. The summed E-state index contributed by atoms with van der Waals surface area (Å²) in [5, 5.41) is 23.1. The van der Waals surface area contributed by atoms with E-state index in [1.165, 1.54) is 15.8 Å². The molecule has 1 atom stereocenters. The van der Waals surface area contributed by atoms with Crippen molar-refractivity contribution in [1.82, 2.24) is 14.7 Å². The number of aryl methyl sites for hydroxylation is 1. The van der Waals surface area contributed by atoms with Crippen LogP contribution in [0.1, 0.15) is 26.7 Å². The van der Waals surface area contributed by atoms with Crippen molar-refractivity contribution in [1.29, 1.82) is 0 Å². The maximum absolute atomic E-state index is 12.1. The molecule has 1 heterocycles. The van der Waals surface area contributed by atoms with Gasteiger partial charge in [-0.15, -0.1) is 0 Å². The molecule has 21 heavy (non-hydrogen) atoms. The summed E-state index contributed by atoms with van der Waals surface area (Å²) in [4.78, 5) is 34.1. The van der Waals surface area contributed by atoms with Crippen LogP contribution >= 0.6 is 0 Å². The normalized spacial score (nSPS) is 11.9. The van der Waals surface area contributed by atoms with E-state index in [0.717, 1.165) is 6.20 Å². The van der Waals surface area contributed by atoms with E-state index in [9.17, 15) is 19.7 Å². The van der Waals surface area contributed by atoms with Crippen molar-refractivity contribution >= 4 is 17.6 Å². The lowest BCUT2D eigenvalue weighted by Crippen LogP contribution is -2.42. The standard InChI is InChI=1S/C12H18N4O5/c1-3-9(2)15(8-12(18)19)11(17)4-5-14-7-10(6-13-14)16(20)21/h6-7,9H,3-5,8H2,1-2H3,(H,18,19). The molecule has 0 bridgehead atoms. The monoisotopic (exact) mass is 298 g/mol. The Hall–Kier alpha value is -2.45. The van der Waals surface area contributed by atoms with E-state index in [1.54, 1.807) is 6.92 Å². The summed E-state index contributed by atoms with van der Waals surface area (Å²) in [6.45, 7) is 3.45. The van der Waals surface area contributed by atoms with E-state index >= 15 is 0 Å². The topological polar surface area (TPSA) is 119 Å². The summed E-state index contributed by atoms with van der Waals surface area (Å²) in [7, 11) is 0. The minimum absolute atomic E-state index is 0.0381. The summed E-state index contributed by atoms with van der Waals surface area (Å²) >= 11 is 0. The highest BCUT2D eigenvalue weighted by Gasteiger charge is 2.21. The van der Waals surface area contributed by atoms with Gasteiger partial charge < -0.3 is 10.0 Å². The van der Waals surface area contributed by atoms with E-state index < -0.39 is 10.9 Å². The molecular formula is C12H18N4O5. The van der Waals surface area contributed by atoms with Gasteiger partial charge >= 0.3 is 11.7 Å². The van der Waals surface area contributed by atoms with E-state index in [0.29, 0.717) is 6.42 Å². The van der Waals surface area contributed by atoms with Gasteiger partial charge in [0, 0.05) is 19.0 Å².